The maximum Gasteiger partial charge on any atom is 0.327 e. The summed E-state index contributed by atoms with van der Waals surface area (Å²) in [5.41, 5.74) is 0.853. The Bertz CT molecular complexity index is 562. The summed E-state index contributed by atoms with van der Waals surface area (Å²) in [5.74, 6) is -0.328. The number of hydrogen-bond acceptors (Lipinski definition) is 4. The van der Waals surface area contributed by atoms with E-state index in [1.807, 2.05) is 31.2 Å². The third kappa shape index (κ3) is 2.04. The quantitative estimate of drug-likeness (QED) is 0.896. The maximum absolute atomic E-state index is 12.7. The Hall–Kier alpha value is -1.69. The molecule has 5 nitrogen and oxygen atoms in total. The Balaban J connectivity index is 1.88. The Morgan fingerprint density at radius 2 is 2.15 bits per heavy atom. The molecule has 3 atom stereocenters. The number of ether oxygens (including phenoxy) is 1. The van der Waals surface area contributed by atoms with Gasteiger partial charge in [0.05, 0.1) is 5.37 Å². The minimum atomic E-state index is -0.942. The summed E-state index contributed by atoms with van der Waals surface area (Å²) < 4.78 is 5.52. The van der Waals surface area contributed by atoms with Gasteiger partial charge in [0.2, 0.25) is 5.91 Å². The largest absolute Gasteiger partial charge is 0.492 e. The van der Waals surface area contributed by atoms with E-state index in [4.69, 9.17) is 4.74 Å². The zero-order valence-electron chi connectivity index (χ0n) is 11.0. The molecule has 106 valence electrons. The van der Waals surface area contributed by atoms with Gasteiger partial charge < -0.3 is 14.7 Å². The van der Waals surface area contributed by atoms with E-state index in [-0.39, 0.29) is 11.3 Å². The van der Waals surface area contributed by atoms with Crippen LogP contribution in [0.15, 0.2) is 24.3 Å². The molecule has 0 spiro atoms. The molecule has 0 bridgehead atoms. The van der Waals surface area contributed by atoms with Crippen molar-refractivity contribution >= 4 is 23.6 Å². The molecule has 3 unspecified atom stereocenters. The topological polar surface area (TPSA) is 66.8 Å². The molecule has 2 aliphatic rings. The molecule has 0 saturated carbocycles. The van der Waals surface area contributed by atoms with E-state index in [0.29, 0.717) is 12.4 Å². The zero-order chi connectivity index (χ0) is 14.3. The Morgan fingerprint density at radius 1 is 1.40 bits per heavy atom. The predicted molar refractivity (Wildman–Crippen MR) is 74.9 cm³/mol. The third-order valence-electron chi connectivity index (χ3n) is 3.76. The fourth-order valence-electron chi connectivity index (χ4n) is 2.71. The molecule has 1 aromatic rings. The van der Waals surface area contributed by atoms with E-state index < -0.39 is 17.9 Å². The van der Waals surface area contributed by atoms with Gasteiger partial charge in [-0.1, -0.05) is 18.2 Å². The number of thioether (sulfide) groups is 1. The van der Waals surface area contributed by atoms with Crippen LogP contribution in [0.5, 0.6) is 5.75 Å². The van der Waals surface area contributed by atoms with Gasteiger partial charge in [0.1, 0.15) is 24.3 Å². The van der Waals surface area contributed by atoms with Crippen LogP contribution >= 0.6 is 11.8 Å². The summed E-state index contributed by atoms with van der Waals surface area (Å²) in [7, 11) is 0. The van der Waals surface area contributed by atoms with Crippen molar-refractivity contribution in [3.63, 3.8) is 0 Å². The highest BCUT2D eigenvalue weighted by Crippen LogP contribution is 2.38. The van der Waals surface area contributed by atoms with Crippen molar-refractivity contribution in [3.8, 4) is 5.75 Å². The molecule has 0 aliphatic carbocycles. The van der Waals surface area contributed by atoms with Crippen LogP contribution in [0.3, 0.4) is 0 Å². The first-order valence-electron chi connectivity index (χ1n) is 6.48. The Morgan fingerprint density at radius 3 is 2.90 bits per heavy atom. The molecule has 6 heteroatoms. The number of para-hydroxylation sites is 1. The lowest BCUT2D eigenvalue weighted by molar-refractivity contribution is -0.149. The van der Waals surface area contributed by atoms with E-state index >= 15 is 0 Å². The average molecular weight is 293 g/mol. The van der Waals surface area contributed by atoms with Gasteiger partial charge in [-0.3, -0.25) is 4.79 Å². The molecule has 1 aromatic carbocycles. The SMILES string of the molecule is CC1SCC(C(=O)O)N1C(=O)C1COc2ccccc21. The molecule has 1 N–H and O–H groups in total. The van der Waals surface area contributed by atoms with Crippen molar-refractivity contribution in [2.75, 3.05) is 12.4 Å². The maximum atomic E-state index is 12.7. The van der Waals surface area contributed by atoms with Gasteiger partial charge in [-0.2, -0.15) is 0 Å². The van der Waals surface area contributed by atoms with E-state index in [1.54, 1.807) is 0 Å². The standard InChI is InChI=1S/C14H15NO4S/c1-8-15(11(7-20-8)14(17)18)13(16)10-6-19-12-5-3-2-4-9(10)12/h2-5,8,10-11H,6-7H2,1H3,(H,17,18). The molecule has 2 heterocycles. The van der Waals surface area contributed by atoms with E-state index in [0.717, 1.165) is 11.3 Å². The molecule has 2 aliphatic heterocycles. The number of fused-ring (bicyclic) bond motifs is 1. The van der Waals surface area contributed by atoms with Crippen molar-refractivity contribution in [2.45, 2.75) is 24.3 Å². The van der Waals surface area contributed by atoms with Crippen LogP contribution in [0, 0.1) is 0 Å². The summed E-state index contributed by atoms with van der Waals surface area (Å²) in [6.45, 7) is 2.16. The average Bonchev–Trinajstić information content (AvgIpc) is 3.01. The summed E-state index contributed by atoms with van der Waals surface area (Å²) >= 11 is 1.49. The lowest BCUT2D eigenvalue weighted by atomic mass is 9.99. The third-order valence-corrected chi connectivity index (χ3v) is 4.98. The second-order valence-electron chi connectivity index (χ2n) is 4.93. The van der Waals surface area contributed by atoms with E-state index in [2.05, 4.69) is 0 Å². The highest BCUT2D eigenvalue weighted by Gasteiger charge is 2.44. The summed E-state index contributed by atoms with van der Waals surface area (Å²) in [4.78, 5) is 25.5. The fraction of sp³-hybridized carbons (Fsp3) is 0.429. The van der Waals surface area contributed by atoms with Crippen LogP contribution in [-0.4, -0.2) is 45.7 Å². The summed E-state index contributed by atoms with van der Waals surface area (Å²) in [5, 5.41) is 9.14. The van der Waals surface area contributed by atoms with Gasteiger partial charge in [-0.15, -0.1) is 11.8 Å². The fourth-order valence-corrected chi connectivity index (χ4v) is 3.89. The second kappa shape index (κ2) is 5.01. The van der Waals surface area contributed by atoms with Crippen LogP contribution in [-0.2, 0) is 9.59 Å². The number of carbonyl (C=O) groups excluding carboxylic acids is 1. The number of hydrogen-bond donors (Lipinski definition) is 1. The number of carboxylic acid groups (broad SMARTS) is 1. The molecule has 1 amide bonds. The van der Waals surface area contributed by atoms with Gasteiger partial charge >= 0.3 is 5.97 Å². The molecule has 20 heavy (non-hydrogen) atoms. The molecule has 1 fully saturated rings. The van der Waals surface area contributed by atoms with E-state index in [1.165, 1.54) is 16.7 Å². The lowest BCUT2D eigenvalue weighted by Crippen LogP contribution is -2.47. The Kier molecular flexibility index (Phi) is 3.33. The van der Waals surface area contributed by atoms with Crippen LogP contribution in [0.25, 0.3) is 0 Å². The molecule has 1 saturated heterocycles. The van der Waals surface area contributed by atoms with Crippen LogP contribution in [0.2, 0.25) is 0 Å². The molecule has 0 aromatic heterocycles. The second-order valence-corrected chi connectivity index (χ2v) is 6.28. The first-order chi connectivity index (χ1) is 9.59. The van der Waals surface area contributed by atoms with Crippen molar-refractivity contribution in [3.05, 3.63) is 29.8 Å². The smallest absolute Gasteiger partial charge is 0.327 e. The minimum Gasteiger partial charge on any atom is -0.492 e. The highest BCUT2D eigenvalue weighted by atomic mass is 32.2. The van der Waals surface area contributed by atoms with Crippen LogP contribution in [0.4, 0.5) is 0 Å². The molecular formula is C14H15NO4S. The number of amides is 1. The van der Waals surface area contributed by atoms with Gasteiger partial charge in [0.15, 0.2) is 0 Å². The number of carboxylic acids is 1. The van der Waals surface area contributed by atoms with Crippen LogP contribution < -0.4 is 4.74 Å². The van der Waals surface area contributed by atoms with Gasteiger partial charge in [-0.25, -0.2) is 4.79 Å². The molecule has 3 rings (SSSR count). The first-order valence-corrected chi connectivity index (χ1v) is 7.53. The van der Waals surface area contributed by atoms with Crippen molar-refractivity contribution in [1.29, 1.82) is 0 Å². The van der Waals surface area contributed by atoms with E-state index in [9.17, 15) is 14.7 Å². The zero-order valence-corrected chi connectivity index (χ0v) is 11.8. The molecular weight excluding hydrogens is 278 g/mol. The lowest BCUT2D eigenvalue weighted by Gasteiger charge is -2.27. The van der Waals surface area contributed by atoms with Gasteiger partial charge in [0, 0.05) is 11.3 Å². The number of carbonyl (C=O) groups is 2. The number of rotatable bonds is 2. The summed E-state index contributed by atoms with van der Waals surface area (Å²) in [6.07, 6.45) is 0. The first kappa shape index (κ1) is 13.3. The highest BCUT2D eigenvalue weighted by molar-refractivity contribution is 8.00. The number of aliphatic carboxylic acids is 1. The summed E-state index contributed by atoms with van der Waals surface area (Å²) in [6, 6.07) is 6.69. The van der Waals surface area contributed by atoms with Crippen molar-refractivity contribution in [2.24, 2.45) is 0 Å². The Labute approximate surface area is 120 Å². The van der Waals surface area contributed by atoms with Gasteiger partial charge in [-0.05, 0) is 13.0 Å². The molecule has 0 radical (unpaired) electrons. The van der Waals surface area contributed by atoms with Gasteiger partial charge in [0.25, 0.3) is 0 Å². The predicted octanol–water partition coefficient (Wildman–Crippen LogP) is 1.54. The van der Waals surface area contributed by atoms with Crippen molar-refractivity contribution in [1.82, 2.24) is 4.90 Å². The minimum absolute atomic E-state index is 0.114. The van der Waals surface area contributed by atoms with Crippen LogP contribution in [0.1, 0.15) is 18.4 Å². The number of benzene rings is 1. The van der Waals surface area contributed by atoms with Crippen molar-refractivity contribution < 1.29 is 19.4 Å². The number of nitrogens with zero attached hydrogens (tertiary/aromatic N) is 1. The normalized spacial score (nSPS) is 28.1. The monoisotopic (exact) mass is 293 g/mol.